The van der Waals surface area contributed by atoms with Gasteiger partial charge in [-0.3, -0.25) is 0 Å². The summed E-state index contributed by atoms with van der Waals surface area (Å²) < 4.78 is 0. The summed E-state index contributed by atoms with van der Waals surface area (Å²) in [7, 11) is 0. The molecular formula is C15H22Cl2N2S. The molecule has 1 aromatic carbocycles. The normalized spacial score (nSPS) is 20.2. The Labute approximate surface area is 136 Å². The predicted octanol–water partition coefficient (Wildman–Crippen LogP) is 4.15. The molecule has 1 heterocycles. The van der Waals surface area contributed by atoms with Gasteiger partial charge in [0, 0.05) is 28.8 Å². The largest absolute Gasteiger partial charge is 0.330 e. The Hall–Kier alpha value is 0.0700. The topological polar surface area (TPSA) is 29.3 Å². The lowest BCUT2D eigenvalue weighted by molar-refractivity contribution is 0.179. The maximum Gasteiger partial charge on any atom is 0.0542 e. The number of halogens is 2. The maximum atomic E-state index is 6.18. The molecule has 2 N–H and O–H groups in total. The van der Waals surface area contributed by atoms with Crippen LogP contribution in [0.25, 0.3) is 0 Å². The molecule has 0 saturated carbocycles. The molecule has 2 rings (SSSR count). The lowest BCUT2D eigenvalue weighted by Crippen LogP contribution is -2.37. The van der Waals surface area contributed by atoms with Crippen molar-refractivity contribution in [1.29, 1.82) is 0 Å². The molecule has 20 heavy (non-hydrogen) atoms. The molecule has 0 amide bonds. The standard InChI is InChI=1S/C15H22Cl2N2S/c16-13-3-4-14(17)15(10-13)20-9-8-19-7-1-2-12(11-19)5-6-18/h3-4,10,12H,1-2,5-9,11,18H2. The summed E-state index contributed by atoms with van der Waals surface area (Å²) in [5, 5.41) is 1.54. The van der Waals surface area contributed by atoms with Crippen molar-refractivity contribution in [3.63, 3.8) is 0 Å². The lowest BCUT2D eigenvalue weighted by Gasteiger charge is -2.32. The summed E-state index contributed by atoms with van der Waals surface area (Å²) in [5.41, 5.74) is 5.66. The van der Waals surface area contributed by atoms with Crippen molar-refractivity contribution in [3.05, 3.63) is 28.2 Å². The third kappa shape index (κ3) is 5.12. The molecule has 0 aliphatic carbocycles. The van der Waals surface area contributed by atoms with Crippen LogP contribution in [0.5, 0.6) is 0 Å². The van der Waals surface area contributed by atoms with Gasteiger partial charge in [-0.1, -0.05) is 23.2 Å². The van der Waals surface area contributed by atoms with Crippen molar-refractivity contribution in [3.8, 4) is 0 Å². The summed E-state index contributed by atoms with van der Waals surface area (Å²) >= 11 is 14.0. The van der Waals surface area contributed by atoms with Crippen LogP contribution >= 0.6 is 35.0 Å². The zero-order valence-electron chi connectivity index (χ0n) is 11.7. The zero-order valence-corrected chi connectivity index (χ0v) is 14.0. The predicted molar refractivity (Wildman–Crippen MR) is 90.0 cm³/mol. The van der Waals surface area contributed by atoms with Crippen LogP contribution < -0.4 is 5.73 Å². The van der Waals surface area contributed by atoms with Gasteiger partial charge in [0.25, 0.3) is 0 Å². The van der Waals surface area contributed by atoms with Crippen LogP contribution in [0.2, 0.25) is 10.0 Å². The van der Waals surface area contributed by atoms with Crippen molar-refractivity contribution in [2.75, 3.05) is 31.9 Å². The Morgan fingerprint density at radius 3 is 3.00 bits per heavy atom. The van der Waals surface area contributed by atoms with Crippen molar-refractivity contribution in [1.82, 2.24) is 4.90 Å². The van der Waals surface area contributed by atoms with Crippen LogP contribution in [-0.2, 0) is 0 Å². The molecule has 0 aromatic heterocycles. The molecule has 1 aliphatic heterocycles. The Kier molecular flexibility index (Phi) is 6.99. The summed E-state index contributed by atoms with van der Waals surface area (Å²) in [5.74, 6) is 1.84. The fraction of sp³-hybridized carbons (Fsp3) is 0.600. The minimum atomic E-state index is 0.748. The first-order chi connectivity index (χ1) is 9.69. The molecular weight excluding hydrogens is 311 g/mol. The molecule has 1 atom stereocenters. The molecule has 0 radical (unpaired) electrons. The lowest BCUT2D eigenvalue weighted by atomic mass is 9.95. The highest BCUT2D eigenvalue weighted by Gasteiger charge is 2.18. The van der Waals surface area contributed by atoms with E-state index in [2.05, 4.69) is 4.90 Å². The van der Waals surface area contributed by atoms with Gasteiger partial charge >= 0.3 is 0 Å². The van der Waals surface area contributed by atoms with Crippen LogP contribution in [-0.4, -0.2) is 36.8 Å². The molecule has 0 spiro atoms. The van der Waals surface area contributed by atoms with E-state index in [4.69, 9.17) is 28.9 Å². The van der Waals surface area contributed by atoms with E-state index >= 15 is 0 Å². The second-order valence-electron chi connectivity index (χ2n) is 5.31. The van der Waals surface area contributed by atoms with Gasteiger partial charge in [-0.05, 0) is 56.5 Å². The van der Waals surface area contributed by atoms with Crippen molar-refractivity contribution < 1.29 is 0 Å². The Balaban J connectivity index is 1.76. The summed E-state index contributed by atoms with van der Waals surface area (Å²) in [6, 6.07) is 5.64. The van der Waals surface area contributed by atoms with Crippen LogP contribution in [0.15, 0.2) is 23.1 Å². The third-order valence-electron chi connectivity index (χ3n) is 3.74. The second-order valence-corrected chi connectivity index (χ2v) is 7.29. The highest BCUT2D eigenvalue weighted by atomic mass is 35.5. The van der Waals surface area contributed by atoms with E-state index in [1.807, 2.05) is 18.2 Å². The van der Waals surface area contributed by atoms with E-state index in [1.54, 1.807) is 11.8 Å². The first-order valence-electron chi connectivity index (χ1n) is 7.19. The average Bonchev–Trinajstić information content (AvgIpc) is 2.43. The molecule has 1 saturated heterocycles. The van der Waals surface area contributed by atoms with Crippen molar-refractivity contribution in [2.24, 2.45) is 11.7 Å². The van der Waals surface area contributed by atoms with Gasteiger partial charge in [0.2, 0.25) is 0 Å². The number of hydrogen-bond donors (Lipinski definition) is 1. The monoisotopic (exact) mass is 332 g/mol. The van der Waals surface area contributed by atoms with E-state index in [0.717, 1.165) is 46.1 Å². The number of hydrogen-bond acceptors (Lipinski definition) is 3. The number of rotatable bonds is 6. The Bertz CT molecular complexity index is 426. The van der Waals surface area contributed by atoms with E-state index in [0.29, 0.717) is 0 Å². The number of nitrogens with two attached hydrogens (primary N) is 1. The Morgan fingerprint density at radius 2 is 2.20 bits per heavy atom. The van der Waals surface area contributed by atoms with Gasteiger partial charge in [-0.25, -0.2) is 0 Å². The molecule has 1 unspecified atom stereocenters. The number of thioether (sulfide) groups is 1. The number of likely N-dealkylation sites (tertiary alicyclic amines) is 1. The van der Waals surface area contributed by atoms with Crippen LogP contribution in [0, 0.1) is 5.92 Å². The van der Waals surface area contributed by atoms with Crippen LogP contribution in [0.3, 0.4) is 0 Å². The minimum absolute atomic E-state index is 0.748. The van der Waals surface area contributed by atoms with Gasteiger partial charge in [-0.15, -0.1) is 11.8 Å². The first-order valence-corrected chi connectivity index (χ1v) is 8.93. The van der Waals surface area contributed by atoms with Gasteiger partial charge in [0.1, 0.15) is 0 Å². The average molecular weight is 333 g/mol. The molecule has 112 valence electrons. The molecule has 1 aromatic rings. The SMILES string of the molecule is NCCC1CCCN(CCSc2cc(Cl)ccc2Cl)C1. The maximum absolute atomic E-state index is 6.18. The Morgan fingerprint density at radius 1 is 1.35 bits per heavy atom. The third-order valence-corrected chi connectivity index (χ3v) is 5.45. The molecule has 1 aliphatic rings. The van der Waals surface area contributed by atoms with Crippen LogP contribution in [0.4, 0.5) is 0 Å². The highest BCUT2D eigenvalue weighted by molar-refractivity contribution is 7.99. The quantitative estimate of drug-likeness (QED) is 0.793. The fourth-order valence-electron chi connectivity index (χ4n) is 2.70. The zero-order chi connectivity index (χ0) is 14.4. The highest BCUT2D eigenvalue weighted by Crippen LogP contribution is 2.30. The van der Waals surface area contributed by atoms with Crippen molar-refractivity contribution in [2.45, 2.75) is 24.2 Å². The molecule has 2 nitrogen and oxygen atoms in total. The van der Waals surface area contributed by atoms with Gasteiger partial charge in [0.15, 0.2) is 0 Å². The molecule has 1 fully saturated rings. The van der Waals surface area contributed by atoms with Crippen molar-refractivity contribution >= 4 is 35.0 Å². The number of piperidine rings is 1. The number of benzene rings is 1. The van der Waals surface area contributed by atoms with Crippen LogP contribution in [0.1, 0.15) is 19.3 Å². The smallest absolute Gasteiger partial charge is 0.0542 e. The summed E-state index contributed by atoms with van der Waals surface area (Å²) in [6.07, 6.45) is 3.79. The molecule has 0 bridgehead atoms. The van der Waals surface area contributed by atoms with E-state index in [9.17, 15) is 0 Å². The van der Waals surface area contributed by atoms with E-state index < -0.39 is 0 Å². The van der Waals surface area contributed by atoms with E-state index in [-0.39, 0.29) is 0 Å². The second kappa shape index (κ2) is 8.50. The van der Waals surface area contributed by atoms with Gasteiger partial charge in [0.05, 0.1) is 5.02 Å². The first kappa shape index (κ1) is 16.4. The van der Waals surface area contributed by atoms with Gasteiger partial charge < -0.3 is 10.6 Å². The fourth-order valence-corrected chi connectivity index (χ4v) is 4.20. The number of nitrogens with zero attached hydrogens (tertiary/aromatic N) is 1. The summed E-state index contributed by atoms with van der Waals surface area (Å²) in [4.78, 5) is 3.63. The molecule has 5 heteroatoms. The van der Waals surface area contributed by atoms with Gasteiger partial charge in [-0.2, -0.15) is 0 Å². The van der Waals surface area contributed by atoms with E-state index in [1.165, 1.54) is 25.9 Å². The summed E-state index contributed by atoms with van der Waals surface area (Å²) in [6.45, 7) is 4.33. The minimum Gasteiger partial charge on any atom is -0.330 e.